The number of aryl methyl sites for hydroxylation is 2. The van der Waals surface area contributed by atoms with Crippen molar-refractivity contribution in [1.29, 1.82) is 0 Å². The summed E-state index contributed by atoms with van der Waals surface area (Å²) in [5.74, 6) is 0.461. The van der Waals surface area contributed by atoms with Crippen molar-refractivity contribution in [2.45, 2.75) is 38.0 Å². The third-order valence-electron chi connectivity index (χ3n) is 3.04. The Morgan fingerprint density at radius 3 is 2.82 bits per heavy atom. The van der Waals surface area contributed by atoms with Crippen molar-refractivity contribution < 1.29 is 0 Å². The molecule has 0 saturated carbocycles. The second-order valence-corrected chi connectivity index (χ2v) is 6.72. The zero-order valence-corrected chi connectivity index (χ0v) is 11.8. The zero-order valence-electron chi connectivity index (χ0n) is 9.41. The van der Waals surface area contributed by atoms with E-state index in [1.54, 1.807) is 16.2 Å². The number of halogens is 1. The number of alkyl halides is 1. The summed E-state index contributed by atoms with van der Waals surface area (Å²) in [5.41, 5.74) is 1.53. The van der Waals surface area contributed by atoms with E-state index in [-0.39, 0.29) is 0 Å². The summed E-state index contributed by atoms with van der Waals surface area (Å²) in [6.07, 6.45) is 6.49. The van der Waals surface area contributed by atoms with Gasteiger partial charge in [0.05, 0.1) is 10.8 Å². The third-order valence-corrected chi connectivity index (χ3v) is 5.78. The molecular weight excluding hydrogens is 272 g/mol. The van der Waals surface area contributed by atoms with Crippen LogP contribution in [0.4, 0.5) is 0 Å². The molecule has 0 atom stereocenters. The first-order valence-electron chi connectivity index (χ1n) is 5.87. The van der Waals surface area contributed by atoms with E-state index in [0.29, 0.717) is 5.88 Å². The number of thiophene rings is 1. The Labute approximate surface area is 114 Å². The highest BCUT2D eigenvalue weighted by molar-refractivity contribution is 7.21. The van der Waals surface area contributed by atoms with Crippen molar-refractivity contribution in [3.8, 4) is 9.88 Å². The largest absolute Gasteiger partial charge is 0.157 e. The maximum atomic E-state index is 5.76. The van der Waals surface area contributed by atoms with Gasteiger partial charge in [0.2, 0.25) is 0 Å². The lowest BCUT2D eigenvalue weighted by Crippen LogP contribution is -1.80. The lowest BCUT2D eigenvalue weighted by molar-refractivity contribution is 0.713. The summed E-state index contributed by atoms with van der Waals surface area (Å²) in [6, 6.07) is 2.31. The Morgan fingerprint density at radius 2 is 2.00 bits per heavy atom. The van der Waals surface area contributed by atoms with E-state index in [9.17, 15) is 0 Å². The second-order valence-electron chi connectivity index (χ2n) is 4.25. The number of hydrogen-bond acceptors (Lipinski definition) is 4. The first kappa shape index (κ1) is 11.6. The minimum absolute atomic E-state index is 0.461. The van der Waals surface area contributed by atoms with Gasteiger partial charge in [0, 0.05) is 4.88 Å². The molecule has 2 aromatic rings. The molecule has 0 N–H and O–H groups in total. The van der Waals surface area contributed by atoms with Gasteiger partial charge in [0.25, 0.3) is 0 Å². The summed E-state index contributed by atoms with van der Waals surface area (Å²) >= 11 is 9.26. The highest BCUT2D eigenvalue weighted by atomic mass is 35.5. The minimum Gasteiger partial charge on any atom is -0.142 e. The van der Waals surface area contributed by atoms with Crippen molar-refractivity contribution in [3.63, 3.8) is 0 Å². The van der Waals surface area contributed by atoms with Gasteiger partial charge >= 0.3 is 0 Å². The van der Waals surface area contributed by atoms with E-state index in [1.165, 1.54) is 42.5 Å². The van der Waals surface area contributed by atoms with Gasteiger partial charge < -0.3 is 0 Å². The number of aromatic nitrogens is 2. The average molecular weight is 285 g/mol. The fraction of sp³-hybridized carbons (Fsp3) is 0.500. The Hall–Kier alpha value is -0.450. The molecule has 0 amide bonds. The molecule has 0 bridgehead atoms. The van der Waals surface area contributed by atoms with Gasteiger partial charge in [-0.25, -0.2) is 0 Å². The highest BCUT2D eigenvalue weighted by Crippen LogP contribution is 2.36. The predicted molar refractivity (Wildman–Crippen MR) is 74.0 cm³/mol. The van der Waals surface area contributed by atoms with Gasteiger partial charge in [-0.1, -0.05) is 17.8 Å². The maximum absolute atomic E-state index is 5.76. The third kappa shape index (κ3) is 2.39. The second kappa shape index (κ2) is 5.04. The van der Waals surface area contributed by atoms with E-state index in [4.69, 9.17) is 11.6 Å². The van der Waals surface area contributed by atoms with Gasteiger partial charge in [-0.2, -0.15) is 0 Å². The monoisotopic (exact) mass is 284 g/mol. The summed E-state index contributed by atoms with van der Waals surface area (Å²) < 4.78 is 0. The topological polar surface area (TPSA) is 25.8 Å². The van der Waals surface area contributed by atoms with Crippen LogP contribution >= 0.6 is 34.3 Å². The molecule has 2 heterocycles. The summed E-state index contributed by atoms with van der Waals surface area (Å²) in [7, 11) is 0. The lowest BCUT2D eigenvalue weighted by Gasteiger charge is -1.92. The normalized spacial score (nSPS) is 15.6. The van der Waals surface area contributed by atoms with Crippen LogP contribution in [0.25, 0.3) is 9.88 Å². The van der Waals surface area contributed by atoms with E-state index < -0.39 is 0 Å². The molecule has 3 rings (SSSR count). The van der Waals surface area contributed by atoms with Crippen LogP contribution < -0.4 is 0 Å². The van der Waals surface area contributed by atoms with Gasteiger partial charge in [-0.05, 0) is 37.3 Å². The quantitative estimate of drug-likeness (QED) is 0.608. The molecule has 0 radical (unpaired) electrons. The molecule has 0 aromatic carbocycles. The fourth-order valence-electron chi connectivity index (χ4n) is 2.18. The van der Waals surface area contributed by atoms with Crippen LogP contribution in [0.2, 0.25) is 0 Å². The summed E-state index contributed by atoms with van der Waals surface area (Å²) in [6.45, 7) is 0. The standard InChI is InChI=1S/C12H13ClN2S2/c13-7-11-14-15-12(17-11)10-6-8-4-2-1-3-5-9(8)16-10/h6H,1-5,7H2. The number of fused-ring (bicyclic) bond motifs is 1. The van der Waals surface area contributed by atoms with Crippen LogP contribution in [0.5, 0.6) is 0 Å². The molecule has 0 aliphatic heterocycles. The van der Waals surface area contributed by atoms with Crippen LogP contribution in [0.1, 0.15) is 34.7 Å². The molecule has 2 aromatic heterocycles. The van der Waals surface area contributed by atoms with Crippen molar-refractivity contribution >= 4 is 34.3 Å². The maximum Gasteiger partial charge on any atom is 0.157 e. The van der Waals surface area contributed by atoms with Crippen molar-refractivity contribution in [2.75, 3.05) is 0 Å². The van der Waals surface area contributed by atoms with Crippen molar-refractivity contribution in [1.82, 2.24) is 10.2 Å². The smallest absolute Gasteiger partial charge is 0.142 e. The van der Waals surface area contributed by atoms with E-state index in [0.717, 1.165) is 10.0 Å². The highest BCUT2D eigenvalue weighted by Gasteiger charge is 2.15. The Morgan fingerprint density at radius 1 is 1.12 bits per heavy atom. The van der Waals surface area contributed by atoms with Crippen molar-refractivity contribution in [2.24, 2.45) is 0 Å². The molecule has 17 heavy (non-hydrogen) atoms. The Balaban J connectivity index is 1.93. The Kier molecular flexibility index (Phi) is 3.45. The summed E-state index contributed by atoms with van der Waals surface area (Å²) in [5, 5.41) is 10.2. The minimum atomic E-state index is 0.461. The first-order valence-corrected chi connectivity index (χ1v) is 8.04. The van der Waals surface area contributed by atoms with E-state index >= 15 is 0 Å². The van der Waals surface area contributed by atoms with Gasteiger partial charge in [-0.3, -0.25) is 0 Å². The van der Waals surface area contributed by atoms with Crippen LogP contribution in [-0.2, 0) is 18.7 Å². The van der Waals surface area contributed by atoms with Gasteiger partial charge in [0.15, 0.2) is 5.01 Å². The molecule has 0 saturated heterocycles. The van der Waals surface area contributed by atoms with Gasteiger partial charge in [0.1, 0.15) is 5.01 Å². The van der Waals surface area contributed by atoms with E-state index in [1.807, 2.05) is 11.3 Å². The van der Waals surface area contributed by atoms with Crippen LogP contribution in [0.3, 0.4) is 0 Å². The van der Waals surface area contributed by atoms with Crippen molar-refractivity contribution in [3.05, 3.63) is 21.5 Å². The molecule has 0 fully saturated rings. The molecule has 5 heteroatoms. The van der Waals surface area contributed by atoms with E-state index in [2.05, 4.69) is 16.3 Å². The molecule has 1 aliphatic rings. The predicted octanol–water partition coefficient (Wildman–Crippen LogP) is 4.27. The number of hydrogen-bond donors (Lipinski definition) is 0. The molecule has 0 spiro atoms. The average Bonchev–Trinajstić information content (AvgIpc) is 2.92. The SMILES string of the molecule is ClCc1nnc(-c2cc3c(s2)CCCCC3)s1. The number of rotatable bonds is 2. The van der Waals surface area contributed by atoms with Crippen LogP contribution in [0, 0.1) is 0 Å². The lowest BCUT2D eigenvalue weighted by atomic mass is 10.1. The van der Waals surface area contributed by atoms with Gasteiger partial charge in [-0.15, -0.1) is 33.1 Å². The molecule has 90 valence electrons. The van der Waals surface area contributed by atoms with Crippen LogP contribution in [0.15, 0.2) is 6.07 Å². The molecule has 2 nitrogen and oxygen atoms in total. The summed E-state index contributed by atoms with van der Waals surface area (Å²) in [4.78, 5) is 2.82. The van der Waals surface area contributed by atoms with Crippen LogP contribution in [-0.4, -0.2) is 10.2 Å². The Bertz CT molecular complexity index is 495. The zero-order chi connectivity index (χ0) is 11.7. The molecule has 1 aliphatic carbocycles. The molecule has 0 unspecified atom stereocenters. The first-order chi connectivity index (χ1) is 8.36. The number of nitrogens with zero attached hydrogens (tertiary/aromatic N) is 2. The fourth-order valence-corrected chi connectivity index (χ4v) is 4.38. The molecular formula is C12H13ClN2S2.